The Labute approximate surface area is 168 Å². The van der Waals surface area contributed by atoms with Crippen LogP contribution in [0.25, 0.3) is 21.5 Å². The molecule has 0 aliphatic heterocycles. The Balaban J connectivity index is 1.76. The van der Waals surface area contributed by atoms with E-state index in [2.05, 4.69) is 20.5 Å². The van der Waals surface area contributed by atoms with Crippen LogP contribution in [0.1, 0.15) is 16.8 Å². The summed E-state index contributed by atoms with van der Waals surface area (Å²) in [6, 6.07) is 7.17. The van der Waals surface area contributed by atoms with Gasteiger partial charge < -0.3 is 14.8 Å². The van der Waals surface area contributed by atoms with E-state index in [0.717, 1.165) is 11.3 Å². The molecule has 0 radical (unpaired) electrons. The van der Waals surface area contributed by atoms with E-state index in [9.17, 15) is 9.90 Å². The van der Waals surface area contributed by atoms with Crippen LogP contribution < -0.4 is 10.9 Å². The molecule has 142 valence electrons. The van der Waals surface area contributed by atoms with Gasteiger partial charge in [0.25, 0.3) is 0 Å². The molecule has 0 atom stereocenters. The van der Waals surface area contributed by atoms with Gasteiger partial charge in [-0.25, -0.2) is 4.79 Å². The molecule has 9 heteroatoms. The smallest absolute Gasteiger partial charge is 0.346 e. The Morgan fingerprint density at radius 3 is 2.86 bits per heavy atom. The first-order valence-corrected chi connectivity index (χ1v) is 9.56. The molecule has 0 aliphatic carbocycles. The van der Waals surface area contributed by atoms with Crippen molar-refractivity contribution in [3.63, 3.8) is 0 Å². The summed E-state index contributed by atoms with van der Waals surface area (Å²) in [6.07, 6.45) is 1.57. The summed E-state index contributed by atoms with van der Waals surface area (Å²) in [5.41, 5.74) is 3.06. The zero-order valence-electron chi connectivity index (χ0n) is 15.0. The molecule has 0 saturated heterocycles. The minimum Gasteiger partial charge on any atom is -0.420 e. The number of anilines is 2. The summed E-state index contributed by atoms with van der Waals surface area (Å²) < 4.78 is 5.45. The van der Waals surface area contributed by atoms with Gasteiger partial charge in [-0.3, -0.25) is 4.98 Å². The number of aryl methyl sites for hydroxylation is 2. The van der Waals surface area contributed by atoms with E-state index in [1.807, 2.05) is 19.1 Å². The molecule has 7 nitrogen and oxygen atoms in total. The fourth-order valence-electron chi connectivity index (χ4n) is 2.78. The van der Waals surface area contributed by atoms with Gasteiger partial charge in [0.15, 0.2) is 10.6 Å². The predicted octanol–water partition coefficient (Wildman–Crippen LogP) is 4.21. The maximum atomic E-state index is 12.5. The lowest BCUT2D eigenvalue weighted by atomic mass is 10.1. The van der Waals surface area contributed by atoms with E-state index in [4.69, 9.17) is 16.0 Å². The quantitative estimate of drug-likeness (QED) is 0.515. The first kappa shape index (κ1) is 18.5. The summed E-state index contributed by atoms with van der Waals surface area (Å²) >= 11 is 7.27. The number of halogens is 1. The number of nitrogens with zero attached hydrogens (tertiary/aromatic N) is 3. The van der Waals surface area contributed by atoms with Crippen molar-refractivity contribution in [3.05, 3.63) is 62.7 Å². The first-order chi connectivity index (χ1) is 13.5. The summed E-state index contributed by atoms with van der Waals surface area (Å²) in [4.78, 5) is 16.6. The van der Waals surface area contributed by atoms with E-state index in [1.54, 1.807) is 25.3 Å². The van der Waals surface area contributed by atoms with Gasteiger partial charge in [-0.1, -0.05) is 29.0 Å². The Bertz CT molecular complexity index is 1250. The maximum absolute atomic E-state index is 12.5. The Hall–Kier alpha value is -2.81. The van der Waals surface area contributed by atoms with Crippen LogP contribution >= 0.6 is 22.9 Å². The SMILES string of the molecule is Cc1ccc(Cl)cc1Nc1nnc(-c2cc3c(CO)cnc(C)c3oc2=O)s1. The lowest BCUT2D eigenvalue weighted by Crippen LogP contribution is -2.05. The second-order valence-electron chi connectivity index (χ2n) is 6.21. The molecule has 3 heterocycles. The number of aliphatic hydroxyl groups is 1. The third-order valence-corrected chi connectivity index (χ3v) is 5.41. The van der Waals surface area contributed by atoms with Gasteiger partial charge in [0, 0.05) is 27.9 Å². The number of pyridine rings is 1. The van der Waals surface area contributed by atoms with Gasteiger partial charge in [-0.05, 0) is 37.6 Å². The van der Waals surface area contributed by atoms with Gasteiger partial charge in [0.1, 0.15) is 0 Å². The van der Waals surface area contributed by atoms with E-state index in [0.29, 0.717) is 37.4 Å². The molecule has 0 amide bonds. The van der Waals surface area contributed by atoms with Crippen LogP contribution in [0.4, 0.5) is 10.8 Å². The molecule has 1 aromatic carbocycles. The summed E-state index contributed by atoms with van der Waals surface area (Å²) in [6.45, 7) is 3.48. The third kappa shape index (κ3) is 3.37. The van der Waals surface area contributed by atoms with Crippen LogP contribution in [0, 0.1) is 13.8 Å². The predicted molar refractivity (Wildman–Crippen MR) is 109 cm³/mol. The Morgan fingerprint density at radius 1 is 1.25 bits per heavy atom. The van der Waals surface area contributed by atoms with Crippen molar-refractivity contribution in [3.8, 4) is 10.6 Å². The molecule has 2 N–H and O–H groups in total. The van der Waals surface area contributed by atoms with Crippen molar-refractivity contribution in [1.29, 1.82) is 0 Å². The monoisotopic (exact) mass is 414 g/mol. The number of hydrogen-bond donors (Lipinski definition) is 2. The zero-order valence-corrected chi connectivity index (χ0v) is 16.6. The molecular formula is C19H15ClN4O3S. The Kier molecular flexibility index (Phi) is 4.84. The Morgan fingerprint density at radius 2 is 2.07 bits per heavy atom. The average Bonchev–Trinajstić information content (AvgIpc) is 3.13. The van der Waals surface area contributed by atoms with Crippen LogP contribution in [-0.4, -0.2) is 20.3 Å². The topological polar surface area (TPSA) is 101 Å². The number of nitrogens with one attached hydrogen (secondary N) is 1. The van der Waals surface area contributed by atoms with E-state index >= 15 is 0 Å². The standard InChI is InChI=1S/C19H15ClN4O3S/c1-9-3-4-12(20)5-15(9)22-19-24-23-17(28-19)14-6-13-11(8-25)7-21-10(2)16(13)27-18(14)26/h3-7,25H,8H2,1-2H3,(H,22,24). The lowest BCUT2D eigenvalue weighted by molar-refractivity contribution is 0.282. The molecular weight excluding hydrogens is 400 g/mol. The molecule has 3 aromatic heterocycles. The summed E-state index contributed by atoms with van der Waals surface area (Å²) in [7, 11) is 0. The van der Waals surface area contributed by atoms with Crippen LogP contribution in [0.5, 0.6) is 0 Å². The molecule has 0 spiro atoms. The van der Waals surface area contributed by atoms with Crippen molar-refractivity contribution in [2.75, 3.05) is 5.32 Å². The second-order valence-corrected chi connectivity index (χ2v) is 7.63. The molecule has 0 saturated carbocycles. The summed E-state index contributed by atoms with van der Waals surface area (Å²) in [5, 5.41) is 23.1. The van der Waals surface area contributed by atoms with E-state index in [1.165, 1.54) is 11.3 Å². The molecule has 0 aliphatic rings. The van der Waals surface area contributed by atoms with Gasteiger partial charge in [-0.2, -0.15) is 0 Å². The number of benzene rings is 1. The highest BCUT2D eigenvalue weighted by Gasteiger charge is 2.16. The fraction of sp³-hybridized carbons (Fsp3) is 0.158. The second kappa shape index (κ2) is 7.31. The highest BCUT2D eigenvalue weighted by molar-refractivity contribution is 7.18. The number of aliphatic hydroxyl groups excluding tert-OH is 1. The normalized spacial score (nSPS) is 11.1. The molecule has 0 bridgehead atoms. The van der Waals surface area contributed by atoms with E-state index in [-0.39, 0.29) is 12.2 Å². The van der Waals surface area contributed by atoms with Crippen LogP contribution in [0.15, 0.2) is 39.7 Å². The number of rotatable bonds is 4. The van der Waals surface area contributed by atoms with Crippen LogP contribution in [0.3, 0.4) is 0 Å². The fourth-order valence-corrected chi connectivity index (χ4v) is 3.72. The number of aromatic nitrogens is 3. The molecule has 28 heavy (non-hydrogen) atoms. The number of hydrogen-bond acceptors (Lipinski definition) is 8. The highest BCUT2D eigenvalue weighted by Crippen LogP contribution is 2.31. The molecule has 0 fully saturated rings. The van der Waals surface area contributed by atoms with Crippen molar-refractivity contribution in [2.24, 2.45) is 0 Å². The summed E-state index contributed by atoms with van der Waals surface area (Å²) in [5.74, 6) is 0. The molecule has 0 unspecified atom stereocenters. The lowest BCUT2D eigenvalue weighted by Gasteiger charge is -2.06. The van der Waals surface area contributed by atoms with Gasteiger partial charge in [0.05, 0.1) is 17.9 Å². The molecule has 4 rings (SSSR count). The average molecular weight is 415 g/mol. The number of fused-ring (bicyclic) bond motifs is 1. The van der Waals surface area contributed by atoms with Gasteiger partial charge in [-0.15, -0.1) is 10.2 Å². The van der Waals surface area contributed by atoms with Crippen molar-refractivity contribution < 1.29 is 9.52 Å². The maximum Gasteiger partial charge on any atom is 0.346 e. The highest BCUT2D eigenvalue weighted by atomic mass is 35.5. The van der Waals surface area contributed by atoms with Crippen LogP contribution in [0.2, 0.25) is 5.02 Å². The first-order valence-electron chi connectivity index (χ1n) is 8.36. The van der Waals surface area contributed by atoms with Crippen LogP contribution in [-0.2, 0) is 6.61 Å². The van der Waals surface area contributed by atoms with Gasteiger partial charge >= 0.3 is 5.63 Å². The zero-order chi connectivity index (χ0) is 19.8. The third-order valence-electron chi connectivity index (χ3n) is 4.30. The largest absolute Gasteiger partial charge is 0.420 e. The van der Waals surface area contributed by atoms with Gasteiger partial charge in [0.2, 0.25) is 5.13 Å². The van der Waals surface area contributed by atoms with Crippen molar-refractivity contribution in [1.82, 2.24) is 15.2 Å². The van der Waals surface area contributed by atoms with Crippen molar-refractivity contribution in [2.45, 2.75) is 20.5 Å². The minimum atomic E-state index is -0.533. The van der Waals surface area contributed by atoms with Crippen molar-refractivity contribution >= 4 is 44.7 Å². The van der Waals surface area contributed by atoms with E-state index < -0.39 is 5.63 Å². The molecule has 4 aromatic rings. The minimum absolute atomic E-state index is 0.214.